The molecule has 1 amide bonds. The minimum atomic E-state index is -3.59. The van der Waals surface area contributed by atoms with Gasteiger partial charge in [-0.05, 0) is 18.6 Å². The van der Waals surface area contributed by atoms with E-state index >= 15 is 0 Å². The number of nitrogens with zero attached hydrogens (tertiary/aromatic N) is 1. The zero-order valence-electron chi connectivity index (χ0n) is 10.2. The number of sulfonamides is 1. The van der Waals surface area contributed by atoms with E-state index in [1.165, 1.54) is 12.1 Å². The number of halogens is 1. The number of carbonyl (C=O) groups excluding carboxylic acids is 1. The highest BCUT2D eigenvalue weighted by Crippen LogP contribution is 2.22. The molecule has 0 saturated heterocycles. The van der Waals surface area contributed by atoms with Crippen LogP contribution in [-0.4, -0.2) is 31.5 Å². The molecule has 0 radical (unpaired) electrons. The molecule has 20 heavy (non-hydrogen) atoms. The number of primary sulfonamides is 1. The van der Waals surface area contributed by atoms with Crippen LogP contribution in [0.25, 0.3) is 0 Å². The first-order valence-corrected chi connectivity index (χ1v) is 7.52. The summed E-state index contributed by atoms with van der Waals surface area (Å²) in [5.41, 5.74) is -0.559. The third-order valence-electron chi connectivity index (χ3n) is 2.29. The molecule has 0 bridgehead atoms. The van der Waals surface area contributed by atoms with Gasteiger partial charge >= 0.3 is 0 Å². The van der Waals surface area contributed by atoms with E-state index in [0.29, 0.717) is 0 Å². The van der Waals surface area contributed by atoms with E-state index in [1.807, 2.05) is 0 Å². The Hall–Kier alpha value is -1.71. The van der Waals surface area contributed by atoms with Gasteiger partial charge in [0.15, 0.2) is 0 Å². The highest BCUT2D eigenvalue weighted by atomic mass is 35.5. The van der Waals surface area contributed by atoms with Crippen molar-refractivity contribution in [1.29, 1.82) is 0 Å². The van der Waals surface area contributed by atoms with Gasteiger partial charge in [0.25, 0.3) is 11.6 Å². The van der Waals surface area contributed by atoms with Crippen LogP contribution in [0.5, 0.6) is 0 Å². The third kappa shape index (κ3) is 5.11. The third-order valence-corrected chi connectivity index (χ3v) is 3.39. The molecule has 0 aromatic heterocycles. The van der Waals surface area contributed by atoms with Crippen LogP contribution >= 0.6 is 11.6 Å². The molecule has 8 nitrogen and oxygen atoms in total. The van der Waals surface area contributed by atoms with Crippen molar-refractivity contribution in [3.8, 4) is 0 Å². The zero-order valence-corrected chi connectivity index (χ0v) is 11.8. The van der Waals surface area contributed by atoms with Gasteiger partial charge in [0.1, 0.15) is 5.56 Å². The van der Waals surface area contributed by atoms with Gasteiger partial charge in [-0.3, -0.25) is 14.9 Å². The van der Waals surface area contributed by atoms with Crippen LogP contribution in [0.1, 0.15) is 16.8 Å². The molecule has 1 rings (SSSR count). The van der Waals surface area contributed by atoms with Crippen LogP contribution < -0.4 is 10.5 Å². The predicted octanol–water partition coefficient (Wildman–Crippen LogP) is 0.657. The highest BCUT2D eigenvalue weighted by Gasteiger charge is 2.20. The summed E-state index contributed by atoms with van der Waals surface area (Å²) >= 11 is 5.63. The average Bonchev–Trinajstić information content (AvgIpc) is 2.33. The summed E-state index contributed by atoms with van der Waals surface area (Å²) in [5.74, 6) is -0.960. The normalized spacial score (nSPS) is 11.1. The van der Waals surface area contributed by atoms with E-state index in [1.54, 1.807) is 0 Å². The highest BCUT2D eigenvalue weighted by molar-refractivity contribution is 7.89. The molecule has 3 N–H and O–H groups in total. The molecule has 1 aromatic rings. The predicted molar refractivity (Wildman–Crippen MR) is 73.0 cm³/mol. The molecule has 0 heterocycles. The lowest BCUT2D eigenvalue weighted by Crippen LogP contribution is -2.27. The van der Waals surface area contributed by atoms with Crippen molar-refractivity contribution in [3.05, 3.63) is 38.9 Å². The minimum absolute atomic E-state index is 0.0368. The molecule has 110 valence electrons. The standard InChI is InChI=1S/C10H12ClN3O5S/c11-7-2-3-8(9(6-7)14(16)17)10(15)13-4-1-5-20(12,18)19/h2-3,6H,1,4-5H2,(H,13,15)(H2,12,18,19). The van der Waals surface area contributed by atoms with Crippen molar-refractivity contribution in [2.45, 2.75) is 6.42 Å². The van der Waals surface area contributed by atoms with Crippen LogP contribution in [0.15, 0.2) is 18.2 Å². The van der Waals surface area contributed by atoms with Crippen molar-refractivity contribution in [3.63, 3.8) is 0 Å². The maximum Gasteiger partial charge on any atom is 0.283 e. The largest absolute Gasteiger partial charge is 0.352 e. The van der Waals surface area contributed by atoms with Gasteiger partial charge < -0.3 is 5.32 Å². The van der Waals surface area contributed by atoms with E-state index in [4.69, 9.17) is 16.7 Å². The molecular formula is C10H12ClN3O5S. The van der Waals surface area contributed by atoms with E-state index < -0.39 is 26.5 Å². The van der Waals surface area contributed by atoms with E-state index in [9.17, 15) is 23.3 Å². The molecule has 0 spiro atoms. The molecule has 0 atom stereocenters. The number of hydrogen-bond donors (Lipinski definition) is 2. The number of benzene rings is 1. The Morgan fingerprint density at radius 2 is 2.10 bits per heavy atom. The first kappa shape index (κ1) is 16.3. The minimum Gasteiger partial charge on any atom is -0.352 e. The topological polar surface area (TPSA) is 132 Å². The van der Waals surface area contributed by atoms with E-state index in [2.05, 4.69) is 5.32 Å². The second kappa shape index (κ2) is 6.64. The number of nitrogens with one attached hydrogen (secondary N) is 1. The molecule has 0 aliphatic carbocycles. The smallest absolute Gasteiger partial charge is 0.283 e. The Bertz CT molecular complexity index is 632. The van der Waals surface area contributed by atoms with Crippen LogP contribution in [0.2, 0.25) is 5.02 Å². The van der Waals surface area contributed by atoms with Crippen LogP contribution in [-0.2, 0) is 10.0 Å². The lowest BCUT2D eigenvalue weighted by atomic mass is 10.1. The summed E-state index contributed by atoms with van der Waals surface area (Å²) in [6, 6.07) is 3.66. The average molecular weight is 322 g/mol. The number of nitro benzene ring substituents is 1. The summed E-state index contributed by atoms with van der Waals surface area (Å²) in [6.07, 6.45) is 0.117. The van der Waals surface area contributed by atoms with Crippen molar-refractivity contribution >= 4 is 33.2 Å². The van der Waals surface area contributed by atoms with Crippen molar-refractivity contribution < 1.29 is 18.1 Å². The maximum atomic E-state index is 11.8. The summed E-state index contributed by atoms with van der Waals surface area (Å²) in [5, 5.41) is 18.1. The number of hydrogen-bond acceptors (Lipinski definition) is 5. The Balaban J connectivity index is 2.71. The Morgan fingerprint density at radius 3 is 2.65 bits per heavy atom. The van der Waals surface area contributed by atoms with Gasteiger partial charge in [0.05, 0.1) is 10.7 Å². The van der Waals surface area contributed by atoms with Gasteiger partial charge in [-0.15, -0.1) is 0 Å². The number of carbonyl (C=O) groups is 1. The quantitative estimate of drug-likeness (QED) is 0.451. The fraction of sp³-hybridized carbons (Fsp3) is 0.300. The van der Waals surface area contributed by atoms with Gasteiger partial charge in [0.2, 0.25) is 10.0 Å². The molecular weight excluding hydrogens is 310 g/mol. The van der Waals surface area contributed by atoms with Gasteiger partial charge in [-0.2, -0.15) is 0 Å². The number of rotatable bonds is 6. The summed E-state index contributed by atoms with van der Waals surface area (Å²) < 4.78 is 21.4. The summed E-state index contributed by atoms with van der Waals surface area (Å²) in [7, 11) is -3.59. The monoisotopic (exact) mass is 321 g/mol. The SMILES string of the molecule is NS(=O)(=O)CCCNC(=O)c1ccc(Cl)cc1[N+](=O)[O-]. The lowest BCUT2D eigenvalue weighted by molar-refractivity contribution is -0.385. The molecule has 0 aliphatic heterocycles. The number of nitro groups is 1. The molecule has 0 unspecified atom stereocenters. The molecule has 0 aliphatic rings. The molecule has 0 saturated carbocycles. The van der Waals surface area contributed by atoms with E-state index in [0.717, 1.165) is 6.07 Å². The number of amides is 1. The van der Waals surface area contributed by atoms with Crippen LogP contribution in [0.3, 0.4) is 0 Å². The van der Waals surface area contributed by atoms with E-state index in [-0.39, 0.29) is 29.3 Å². The fourth-order valence-corrected chi connectivity index (χ4v) is 2.13. The molecule has 1 aromatic carbocycles. The lowest BCUT2D eigenvalue weighted by Gasteiger charge is -2.05. The first-order valence-electron chi connectivity index (χ1n) is 5.43. The number of nitrogens with two attached hydrogens (primary N) is 1. The maximum absolute atomic E-state index is 11.8. The summed E-state index contributed by atoms with van der Waals surface area (Å²) in [6.45, 7) is 0.0368. The van der Waals surface area contributed by atoms with Crippen molar-refractivity contribution in [1.82, 2.24) is 5.32 Å². The van der Waals surface area contributed by atoms with Gasteiger partial charge in [-0.1, -0.05) is 11.6 Å². The fourth-order valence-electron chi connectivity index (χ4n) is 1.42. The van der Waals surface area contributed by atoms with Crippen molar-refractivity contribution in [2.24, 2.45) is 5.14 Å². The Labute approximate surface area is 120 Å². The second-order valence-corrected chi connectivity index (χ2v) is 6.07. The summed E-state index contributed by atoms with van der Waals surface area (Å²) in [4.78, 5) is 21.9. The zero-order chi connectivity index (χ0) is 15.3. The first-order chi connectivity index (χ1) is 9.20. The Morgan fingerprint density at radius 1 is 1.45 bits per heavy atom. The van der Waals surface area contributed by atoms with Crippen molar-refractivity contribution in [2.75, 3.05) is 12.3 Å². The molecule has 10 heteroatoms. The Kier molecular flexibility index (Phi) is 5.43. The van der Waals surface area contributed by atoms with Crippen LogP contribution in [0, 0.1) is 10.1 Å². The van der Waals surface area contributed by atoms with Gasteiger partial charge in [-0.25, -0.2) is 13.6 Å². The van der Waals surface area contributed by atoms with Crippen LogP contribution in [0.4, 0.5) is 5.69 Å². The van der Waals surface area contributed by atoms with Gasteiger partial charge in [0, 0.05) is 17.6 Å². The second-order valence-electron chi connectivity index (χ2n) is 3.90. The molecule has 0 fully saturated rings.